The highest BCUT2D eigenvalue weighted by Crippen LogP contribution is 2.33. The van der Waals surface area contributed by atoms with Crippen molar-refractivity contribution < 1.29 is 15.0 Å². The predicted molar refractivity (Wildman–Crippen MR) is 90.1 cm³/mol. The highest BCUT2D eigenvalue weighted by atomic mass is 16.3. The second kappa shape index (κ2) is 7.79. The summed E-state index contributed by atoms with van der Waals surface area (Å²) in [5, 5.41) is 20.1. The second-order valence-electron chi connectivity index (χ2n) is 6.90. The van der Waals surface area contributed by atoms with Crippen LogP contribution in [0.5, 0.6) is 5.75 Å². The van der Waals surface area contributed by atoms with Gasteiger partial charge in [0.15, 0.2) is 0 Å². The van der Waals surface area contributed by atoms with Gasteiger partial charge >= 0.3 is 0 Å². The highest BCUT2D eigenvalue weighted by molar-refractivity contribution is 5.77. The zero-order chi connectivity index (χ0) is 16.9. The third-order valence-electron chi connectivity index (χ3n) is 4.47. The van der Waals surface area contributed by atoms with Crippen LogP contribution >= 0.6 is 0 Å². The van der Waals surface area contributed by atoms with Crippen LogP contribution in [-0.2, 0) is 11.3 Å². The number of carbonyl (C=O) groups excluding carboxylic acids is 1. The molecule has 0 radical (unpaired) electrons. The van der Waals surface area contributed by atoms with Crippen molar-refractivity contribution in [2.24, 2.45) is 0 Å². The molecule has 0 heterocycles. The van der Waals surface area contributed by atoms with E-state index in [1.165, 1.54) is 0 Å². The van der Waals surface area contributed by atoms with E-state index in [2.05, 4.69) is 0 Å². The molecule has 2 rings (SSSR count). The van der Waals surface area contributed by atoms with Crippen LogP contribution < -0.4 is 0 Å². The molecule has 5 nitrogen and oxygen atoms in total. The van der Waals surface area contributed by atoms with Crippen molar-refractivity contribution >= 4 is 5.91 Å². The molecule has 1 aromatic carbocycles. The van der Waals surface area contributed by atoms with Crippen molar-refractivity contribution in [2.45, 2.75) is 44.2 Å². The number of nitrogens with zero attached hydrogens (tertiary/aromatic N) is 2. The Balaban J connectivity index is 2.04. The summed E-state index contributed by atoms with van der Waals surface area (Å²) in [4.78, 5) is 16.5. The Morgan fingerprint density at radius 1 is 1.22 bits per heavy atom. The number of hydrogen-bond acceptors (Lipinski definition) is 4. The number of aromatic hydroxyl groups is 1. The van der Waals surface area contributed by atoms with Gasteiger partial charge < -0.3 is 20.0 Å². The molecule has 0 spiro atoms. The summed E-state index contributed by atoms with van der Waals surface area (Å²) >= 11 is 0. The Morgan fingerprint density at radius 3 is 2.52 bits per heavy atom. The average molecular weight is 320 g/mol. The SMILES string of the molecule is CN(C)CCN(Cc1cccc(O)c1)C(=O)CC1(O)CCCC1. The molecular formula is C18H28N2O3. The number of phenolic OH excluding ortho intramolecular Hbond substituents is 1. The Kier molecular flexibility index (Phi) is 6.02. The summed E-state index contributed by atoms with van der Waals surface area (Å²) in [6, 6.07) is 6.99. The minimum atomic E-state index is -0.827. The first-order chi connectivity index (χ1) is 10.9. The fraction of sp³-hybridized carbons (Fsp3) is 0.611. The van der Waals surface area contributed by atoms with E-state index < -0.39 is 5.60 Å². The van der Waals surface area contributed by atoms with Gasteiger partial charge in [0.25, 0.3) is 0 Å². The number of phenols is 1. The van der Waals surface area contributed by atoms with Gasteiger partial charge in [0.05, 0.1) is 12.0 Å². The molecule has 0 atom stereocenters. The zero-order valence-electron chi connectivity index (χ0n) is 14.2. The van der Waals surface area contributed by atoms with Crippen molar-refractivity contribution in [3.8, 4) is 5.75 Å². The largest absolute Gasteiger partial charge is 0.508 e. The molecule has 1 aliphatic carbocycles. The molecule has 1 saturated carbocycles. The monoisotopic (exact) mass is 320 g/mol. The van der Waals surface area contributed by atoms with Gasteiger partial charge in [0.1, 0.15) is 5.75 Å². The highest BCUT2D eigenvalue weighted by Gasteiger charge is 2.34. The fourth-order valence-corrected chi connectivity index (χ4v) is 3.09. The minimum absolute atomic E-state index is 0.0143. The van der Waals surface area contributed by atoms with Gasteiger partial charge in [-0.15, -0.1) is 0 Å². The number of aliphatic hydroxyl groups is 1. The summed E-state index contributed by atoms with van der Waals surface area (Å²) in [5.41, 5.74) is 0.0715. The van der Waals surface area contributed by atoms with Crippen LogP contribution in [0.2, 0.25) is 0 Å². The molecule has 0 aromatic heterocycles. The Bertz CT molecular complexity index is 525. The molecule has 0 bridgehead atoms. The van der Waals surface area contributed by atoms with E-state index in [-0.39, 0.29) is 18.1 Å². The normalized spacial score (nSPS) is 16.7. The summed E-state index contributed by atoms with van der Waals surface area (Å²) in [6.45, 7) is 1.83. The summed E-state index contributed by atoms with van der Waals surface area (Å²) in [5.74, 6) is 0.191. The van der Waals surface area contributed by atoms with Crippen LogP contribution in [0.1, 0.15) is 37.7 Å². The summed E-state index contributed by atoms with van der Waals surface area (Å²) in [6.07, 6.45) is 3.61. The summed E-state index contributed by atoms with van der Waals surface area (Å²) < 4.78 is 0. The molecule has 1 aliphatic rings. The Labute approximate surface area is 138 Å². The van der Waals surface area contributed by atoms with E-state index in [0.29, 0.717) is 25.9 Å². The third kappa shape index (κ3) is 5.52. The van der Waals surface area contributed by atoms with E-state index in [1.807, 2.05) is 25.1 Å². The maximum atomic E-state index is 12.7. The Hall–Kier alpha value is -1.59. The lowest BCUT2D eigenvalue weighted by Crippen LogP contribution is -2.40. The van der Waals surface area contributed by atoms with Crippen LogP contribution in [0.25, 0.3) is 0 Å². The van der Waals surface area contributed by atoms with E-state index in [0.717, 1.165) is 24.9 Å². The van der Waals surface area contributed by atoms with Gasteiger partial charge in [-0.05, 0) is 44.6 Å². The molecule has 5 heteroatoms. The van der Waals surface area contributed by atoms with Gasteiger partial charge in [0.2, 0.25) is 5.91 Å². The van der Waals surface area contributed by atoms with Crippen LogP contribution in [-0.4, -0.2) is 58.7 Å². The van der Waals surface area contributed by atoms with Crippen molar-refractivity contribution in [2.75, 3.05) is 27.2 Å². The average Bonchev–Trinajstić information content (AvgIpc) is 2.89. The second-order valence-corrected chi connectivity index (χ2v) is 6.90. The molecule has 2 N–H and O–H groups in total. The van der Waals surface area contributed by atoms with Gasteiger partial charge in [-0.25, -0.2) is 0 Å². The van der Waals surface area contributed by atoms with Gasteiger partial charge in [0, 0.05) is 19.6 Å². The number of likely N-dealkylation sites (N-methyl/N-ethyl adjacent to an activating group) is 1. The standard InChI is InChI=1S/C18H28N2O3/c1-19(2)10-11-20(14-15-6-5-7-16(21)12-15)17(22)13-18(23)8-3-4-9-18/h5-7,12,21,23H,3-4,8-11,13-14H2,1-2H3. The quantitative estimate of drug-likeness (QED) is 0.806. The number of carbonyl (C=O) groups is 1. The van der Waals surface area contributed by atoms with Crippen molar-refractivity contribution in [3.63, 3.8) is 0 Å². The predicted octanol–water partition coefficient (Wildman–Crippen LogP) is 1.98. The molecule has 1 aromatic rings. The fourth-order valence-electron chi connectivity index (χ4n) is 3.09. The van der Waals surface area contributed by atoms with Crippen molar-refractivity contribution in [1.82, 2.24) is 9.80 Å². The van der Waals surface area contributed by atoms with E-state index in [1.54, 1.807) is 23.1 Å². The summed E-state index contributed by atoms with van der Waals surface area (Å²) in [7, 11) is 3.95. The lowest BCUT2D eigenvalue weighted by molar-refractivity contribution is -0.137. The number of rotatable bonds is 7. The van der Waals surface area contributed by atoms with E-state index in [9.17, 15) is 15.0 Å². The van der Waals surface area contributed by atoms with Crippen LogP contribution in [0.15, 0.2) is 24.3 Å². The number of amides is 1. The minimum Gasteiger partial charge on any atom is -0.508 e. The zero-order valence-corrected chi connectivity index (χ0v) is 14.2. The maximum absolute atomic E-state index is 12.7. The first-order valence-corrected chi connectivity index (χ1v) is 8.31. The third-order valence-corrected chi connectivity index (χ3v) is 4.47. The smallest absolute Gasteiger partial charge is 0.225 e. The lowest BCUT2D eigenvalue weighted by Gasteiger charge is -2.29. The van der Waals surface area contributed by atoms with Gasteiger partial charge in [-0.3, -0.25) is 4.79 Å². The number of hydrogen-bond donors (Lipinski definition) is 2. The first kappa shape index (κ1) is 17.8. The molecule has 1 amide bonds. The molecule has 0 aliphatic heterocycles. The van der Waals surface area contributed by atoms with E-state index in [4.69, 9.17) is 0 Å². The van der Waals surface area contributed by atoms with Crippen LogP contribution in [0, 0.1) is 0 Å². The van der Waals surface area contributed by atoms with Crippen molar-refractivity contribution in [3.05, 3.63) is 29.8 Å². The molecular weight excluding hydrogens is 292 g/mol. The van der Waals surface area contributed by atoms with Crippen LogP contribution in [0.3, 0.4) is 0 Å². The Morgan fingerprint density at radius 2 is 1.91 bits per heavy atom. The lowest BCUT2D eigenvalue weighted by atomic mass is 9.97. The topological polar surface area (TPSA) is 64.0 Å². The molecule has 128 valence electrons. The maximum Gasteiger partial charge on any atom is 0.225 e. The number of benzene rings is 1. The molecule has 1 fully saturated rings. The first-order valence-electron chi connectivity index (χ1n) is 8.31. The van der Waals surface area contributed by atoms with Gasteiger partial charge in [-0.2, -0.15) is 0 Å². The van der Waals surface area contributed by atoms with Crippen LogP contribution in [0.4, 0.5) is 0 Å². The van der Waals surface area contributed by atoms with Crippen molar-refractivity contribution in [1.29, 1.82) is 0 Å². The van der Waals surface area contributed by atoms with Gasteiger partial charge in [-0.1, -0.05) is 25.0 Å². The molecule has 23 heavy (non-hydrogen) atoms. The molecule has 0 saturated heterocycles. The van der Waals surface area contributed by atoms with E-state index >= 15 is 0 Å². The molecule has 0 unspecified atom stereocenters.